The predicted octanol–water partition coefficient (Wildman–Crippen LogP) is 2.22. The number of benzene rings is 2. The summed E-state index contributed by atoms with van der Waals surface area (Å²) >= 11 is 0. The first-order valence-corrected chi connectivity index (χ1v) is 9.21. The standard InChI is InChI=1S/C18H18N2O3S/c1-23-14-8-9-16-15(10-14)18(13-6-4-3-5-7-13)19-11-17(21)20(16)12-24(2)22/h3-10H,11-12H2,1-2H3. The van der Waals surface area contributed by atoms with Gasteiger partial charge in [0.25, 0.3) is 0 Å². The Balaban J connectivity index is 2.19. The number of anilines is 1. The Morgan fingerprint density at radius 1 is 1.21 bits per heavy atom. The second kappa shape index (κ2) is 6.97. The van der Waals surface area contributed by atoms with Crippen molar-refractivity contribution in [3.05, 3.63) is 59.7 Å². The number of ether oxygens (including phenoxy) is 1. The van der Waals surface area contributed by atoms with Crippen LogP contribution in [0.2, 0.25) is 0 Å². The highest BCUT2D eigenvalue weighted by molar-refractivity contribution is 7.84. The molecule has 24 heavy (non-hydrogen) atoms. The van der Waals surface area contributed by atoms with Crippen LogP contribution in [-0.2, 0) is 15.6 Å². The van der Waals surface area contributed by atoms with Gasteiger partial charge >= 0.3 is 0 Å². The van der Waals surface area contributed by atoms with Crippen LogP contribution in [0.15, 0.2) is 53.5 Å². The highest BCUT2D eigenvalue weighted by atomic mass is 32.2. The number of benzodiazepines with no additional fused rings is 1. The van der Waals surface area contributed by atoms with Gasteiger partial charge in [-0.15, -0.1) is 0 Å². The number of carbonyl (C=O) groups excluding carboxylic acids is 1. The summed E-state index contributed by atoms with van der Waals surface area (Å²) in [6.45, 7) is 0.0262. The Morgan fingerprint density at radius 3 is 2.62 bits per heavy atom. The monoisotopic (exact) mass is 342 g/mol. The normalized spacial score (nSPS) is 15.3. The van der Waals surface area contributed by atoms with E-state index < -0.39 is 10.8 Å². The van der Waals surface area contributed by atoms with E-state index in [1.807, 2.05) is 42.5 Å². The fourth-order valence-corrected chi connectivity index (χ4v) is 3.33. The predicted molar refractivity (Wildman–Crippen MR) is 96.4 cm³/mol. The van der Waals surface area contributed by atoms with Crippen LogP contribution in [0.25, 0.3) is 0 Å². The highest BCUT2D eigenvalue weighted by Crippen LogP contribution is 2.30. The Labute approximate surface area is 143 Å². The van der Waals surface area contributed by atoms with Gasteiger partial charge in [0, 0.05) is 28.2 Å². The molecule has 0 aliphatic carbocycles. The van der Waals surface area contributed by atoms with Gasteiger partial charge in [-0.2, -0.15) is 0 Å². The molecule has 124 valence electrons. The molecule has 2 aromatic carbocycles. The lowest BCUT2D eigenvalue weighted by atomic mass is 10.00. The van der Waals surface area contributed by atoms with E-state index in [9.17, 15) is 9.00 Å². The van der Waals surface area contributed by atoms with Crippen molar-refractivity contribution < 1.29 is 13.7 Å². The van der Waals surface area contributed by atoms with E-state index in [1.54, 1.807) is 24.3 Å². The molecule has 0 N–H and O–H groups in total. The zero-order chi connectivity index (χ0) is 17.1. The van der Waals surface area contributed by atoms with Crippen molar-refractivity contribution in [2.45, 2.75) is 0 Å². The Hall–Kier alpha value is -2.47. The molecule has 3 rings (SSSR count). The number of methoxy groups -OCH3 is 1. The number of aliphatic imine (C=N–C) groups is 1. The largest absolute Gasteiger partial charge is 0.497 e. The summed E-state index contributed by atoms with van der Waals surface area (Å²) in [5, 5.41) is 0. The third kappa shape index (κ3) is 3.23. The Morgan fingerprint density at radius 2 is 1.96 bits per heavy atom. The smallest absolute Gasteiger partial charge is 0.249 e. The lowest BCUT2D eigenvalue weighted by molar-refractivity contribution is -0.117. The average Bonchev–Trinajstić information content (AvgIpc) is 2.72. The maximum atomic E-state index is 12.5. The highest BCUT2D eigenvalue weighted by Gasteiger charge is 2.26. The van der Waals surface area contributed by atoms with Gasteiger partial charge in [0.05, 0.1) is 18.5 Å². The molecule has 1 heterocycles. The fraction of sp³-hybridized carbons (Fsp3) is 0.222. The van der Waals surface area contributed by atoms with E-state index in [-0.39, 0.29) is 18.3 Å². The van der Waals surface area contributed by atoms with Crippen LogP contribution in [0.3, 0.4) is 0 Å². The van der Waals surface area contributed by atoms with Crippen molar-refractivity contribution >= 4 is 28.1 Å². The number of hydrogen-bond donors (Lipinski definition) is 0. The molecule has 1 unspecified atom stereocenters. The summed E-state index contributed by atoms with van der Waals surface area (Å²) < 4.78 is 17.0. The van der Waals surface area contributed by atoms with Crippen LogP contribution < -0.4 is 9.64 Å². The third-order valence-corrected chi connectivity index (χ3v) is 4.40. The molecule has 2 aromatic rings. The number of rotatable bonds is 4. The van der Waals surface area contributed by atoms with Gasteiger partial charge in [-0.1, -0.05) is 30.3 Å². The molecular weight excluding hydrogens is 324 g/mol. The van der Waals surface area contributed by atoms with Crippen LogP contribution in [0.1, 0.15) is 11.1 Å². The first-order valence-electron chi connectivity index (χ1n) is 7.49. The van der Waals surface area contributed by atoms with Crippen molar-refractivity contribution in [3.63, 3.8) is 0 Å². The molecule has 6 heteroatoms. The Kier molecular flexibility index (Phi) is 4.76. The van der Waals surface area contributed by atoms with Crippen molar-refractivity contribution in [1.82, 2.24) is 0 Å². The van der Waals surface area contributed by atoms with Gasteiger partial charge in [-0.3, -0.25) is 18.9 Å². The number of nitrogens with zero attached hydrogens (tertiary/aromatic N) is 2. The topological polar surface area (TPSA) is 59.0 Å². The molecule has 0 aromatic heterocycles. The lowest BCUT2D eigenvalue weighted by Crippen LogP contribution is -2.35. The number of hydrogen-bond acceptors (Lipinski definition) is 4. The molecule has 0 saturated heterocycles. The molecule has 1 amide bonds. The zero-order valence-corrected chi connectivity index (χ0v) is 14.4. The maximum Gasteiger partial charge on any atom is 0.249 e. The van der Waals surface area contributed by atoms with Crippen molar-refractivity contribution in [1.29, 1.82) is 0 Å². The van der Waals surface area contributed by atoms with Gasteiger partial charge in [0.1, 0.15) is 18.2 Å². The lowest BCUT2D eigenvalue weighted by Gasteiger charge is -2.22. The first-order chi connectivity index (χ1) is 11.6. The molecule has 1 atom stereocenters. The summed E-state index contributed by atoms with van der Waals surface area (Å²) in [5.41, 5.74) is 3.18. The van der Waals surface area contributed by atoms with E-state index in [0.717, 1.165) is 16.8 Å². The summed E-state index contributed by atoms with van der Waals surface area (Å²) in [4.78, 5) is 18.6. The second-order valence-corrected chi connectivity index (χ2v) is 6.84. The van der Waals surface area contributed by atoms with Gasteiger partial charge in [-0.25, -0.2) is 0 Å². The van der Waals surface area contributed by atoms with Crippen LogP contribution >= 0.6 is 0 Å². The van der Waals surface area contributed by atoms with E-state index in [0.29, 0.717) is 11.4 Å². The first kappa shape index (κ1) is 16.4. The summed E-state index contributed by atoms with van der Waals surface area (Å²) in [6, 6.07) is 15.2. The second-order valence-electron chi connectivity index (χ2n) is 5.44. The van der Waals surface area contributed by atoms with Crippen LogP contribution in [0, 0.1) is 0 Å². The van der Waals surface area contributed by atoms with Crippen LogP contribution in [-0.4, -0.2) is 41.6 Å². The molecule has 5 nitrogen and oxygen atoms in total. The van der Waals surface area contributed by atoms with E-state index in [4.69, 9.17) is 4.74 Å². The van der Waals surface area contributed by atoms with Gasteiger partial charge in [0.2, 0.25) is 5.91 Å². The quantitative estimate of drug-likeness (QED) is 0.856. The fourth-order valence-electron chi connectivity index (χ4n) is 2.68. The Bertz CT molecular complexity index is 818. The van der Waals surface area contributed by atoms with Gasteiger partial charge < -0.3 is 4.74 Å². The summed E-state index contributed by atoms with van der Waals surface area (Å²) in [7, 11) is 0.460. The molecule has 1 aliphatic rings. The molecule has 0 radical (unpaired) electrons. The zero-order valence-electron chi connectivity index (χ0n) is 13.6. The van der Waals surface area contributed by atoms with Crippen molar-refractivity contribution in [2.24, 2.45) is 4.99 Å². The summed E-state index contributed by atoms with van der Waals surface area (Å²) in [5.74, 6) is 0.669. The molecular formula is C18H18N2O3S. The van der Waals surface area contributed by atoms with Gasteiger partial charge in [-0.05, 0) is 18.2 Å². The molecule has 0 bridgehead atoms. The van der Waals surface area contributed by atoms with Crippen LogP contribution in [0.5, 0.6) is 5.75 Å². The van der Waals surface area contributed by atoms with Crippen LogP contribution in [0.4, 0.5) is 5.69 Å². The van der Waals surface area contributed by atoms with Crippen molar-refractivity contribution in [3.8, 4) is 5.75 Å². The van der Waals surface area contributed by atoms with E-state index in [1.165, 1.54) is 0 Å². The summed E-state index contributed by atoms with van der Waals surface area (Å²) in [6.07, 6.45) is 1.58. The van der Waals surface area contributed by atoms with Crippen molar-refractivity contribution in [2.75, 3.05) is 30.7 Å². The molecule has 0 fully saturated rings. The minimum absolute atomic E-state index is 0.0262. The molecule has 0 spiro atoms. The van der Waals surface area contributed by atoms with Gasteiger partial charge in [0.15, 0.2) is 0 Å². The number of carbonyl (C=O) groups is 1. The number of fused-ring (bicyclic) bond motifs is 1. The maximum absolute atomic E-state index is 12.5. The van der Waals surface area contributed by atoms with E-state index >= 15 is 0 Å². The minimum atomic E-state index is -1.14. The average molecular weight is 342 g/mol. The minimum Gasteiger partial charge on any atom is -0.497 e. The third-order valence-electron chi connectivity index (χ3n) is 3.78. The SMILES string of the molecule is COc1ccc2c(c1)C(c1ccccc1)=NCC(=O)N2CS(C)=O. The number of amides is 1. The molecule has 0 saturated carbocycles. The molecule has 1 aliphatic heterocycles. The van der Waals surface area contributed by atoms with E-state index in [2.05, 4.69) is 4.99 Å².